The number of halogens is 2. The monoisotopic (exact) mass is 371 g/mol. The first-order valence-corrected chi connectivity index (χ1v) is 7.45. The van der Waals surface area contributed by atoms with Gasteiger partial charge in [0.2, 0.25) is 0 Å². The second kappa shape index (κ2) is 7.07. The smallest absolute Gasteiger partial charge is 0.0945 e. The topological polar surface area (TPSA) is 29.9 Å². The van der Waals surface area contributed by atoms with E-state index in [9.17, 15) is 0 Å². The minimum absolute atomic E-state index is 0.899. The number of imidazole rings is 1. The van der Waals surface area contributed by atoms with Gasteiger partial charge in [0, 0.05) is 34.4 Å². The molecule has 3 nitrogen and oxygen atoms in total. The first-order valence-electron chi connectivity index (χ1n) is 5.86. The number of nitrogens with zero attached hydrogens (tertiary/aromatic N) is 2. The van der Waals surface area contributed by atoms with Crippen LogP contribution in [-0.4, -0.2) is 16.1 Å². The average Bonchev–Trinajstić information content (AvgIpc) is 2.86. The first-order chi connectivity index (χ1) is 8.75. The Hall–Kier alpha value is -0.650. The van der Waals surface area contributed by atoms with Crippen molar-refractivity contribution in [3.63, 3.8) is 0 Å². The molecule has 0 fully saturated rings. The molecular formula is C13H15Br2N3. The van der Waals surface area contributed by atoms with E-state index in [-0.39, 0.29) is 0 Å². The maximum absolute atomic E-state index is 4.02. The van der Waals surface area contributed by atoms with Gasteiger partial charge in [0.05, 0.1) is 6.33 Å². The van der Waals surface area contributed by atoms with Gasteiger partial charge in [-0.05, 0) is 62.5 Å². The lowest BCUT2D eigenvalue weighted by molar-refractivity contribution is 0.580. The molecule has 0 amide bonds. The molecule has 0 radical (unpaired) electrons. The molecule has 1 aromatic heterocycles. The van der Waals surface area contributed by atoms with Crippen molar-refractivity contribution < 1.29 is 0 Å². The fraction of sp³-hybridized carbons (Fsp3) is 0.308. The molecule has 1 N–H and O–H groups in total. The van der Waals surface area contributed by atoms with Crippen molar-refractivity contribution in [1.82, 2.24) is 14.9 Å². The van der Waals surface area contributed by atoms with Crippen LogP contribution in [-0.2, 0) is 13.1 Å². The van der Waals surface area contributed by atoms with Crippen molar-refractivity contribution in [1.29, 1.82) is 0 Å². The van der Waals surface area contributed by atoms with Gasteiger partial charge in [-0.25, -0.2) is 4.98 Å². The number of benzene rings is 1. The summed E-state index contributed by atoms with van der Waals surface area (Å²) in [7, 11) is 0. The van der Waals surface area contributed by atoms with Crippen LogP contribution in [0.1, 0.15) is 12.0 Å². The predicted octanol–water partition coefficient (Wildman–Crippen LogP) is 3.59. The summed E-state index contributed by atoms with van der Waals surface area (Å²) in [5, 5.41) is 3.44. The van der Waals surface area contributed by atoms with Gasteiger partial charge in [0.1, 0.15) is 0 Å². The molecule has 5 heteroatoms. The first kappa shape index (κ1) is 13.8. The Labute approximate surface area is 124 Å². The van der Waals surface area contributed by atoms with Crippen LogP contribution in [0.3, 0.4) is 0 Å². The van der Waals surface area contributed by atoms with E-state index in [1.54, 1.807) is 0 Å². The highest BCUT2D eigenvalue weighted by molar-refractivity contribution is 9.13. The van der Waals surface area contributed by atoms with Crippen LogP contribution < -0.4 is 5.32 Å². The van der Waals surface area contributed by atoms with Gasteiger partial charge >= 0.3 is 0 Å². The zero-order valence-electron chi connectivity index (χ0n) is 9.94. The molecule has 0 aliphatic carbocycles. The Morgan fingerprint density at radius 3 is 2.83 bits per heavy atom. The Kier molecular flexibility index (Phi) is 5.41. The Morgan fingerprint density at radius 2 is 2.11 bits per heavy atom. The van der Waals surface area contributed by atoms with Crippen LogP contribution in [0.4, 0.5) is 0 Å². The minimum atomic E-state index is 0.899. The van der Waals surface area contributed by atoms with Crippen molar-refractivity contribution >= 4 is 31.9 Å². The molecule has 1 heterocycles. The lowest BCUT2D eigenvalue weighted by Gasteiger charge is -2.06. The summed E-state index contributed by atoms with van der Waals surface area (Å²) in [5.74, 6) is 0. The largest absolute Gasteiger partial charge is 0.337 e. The molecule has 18 heavy (non-hydrogen) atoms. The number of rotatable bonds is 6. The Morgan fingerprint density at radius 1 is 1.22 bits per heavy atom. The van der Waals surface area contributed by atoms with Crippen LogP contribution in [0, 0.1) is 0 Å². The average molecular weight is 373 g/mol. The third-order valence-electron chi connectivity index (χ3n) is 2.64. The molecule has 0 saturated carbocycles. The third kappa shape index (κ3) is 4.23. The second-order valence-electron chi connectivity index (χ2n) is 4.08. The second-order valence-corrected chi connectivity index (χ2v) is 5.79. The summed E-state index contributed by atoms with van der Waals surface area (Å²) in [4.78, 5) is 4.02. The highest BCUT2D eigenvalue weighted by atomic mass is 79.9. The number of hydrogen-bond donors (Lipinski definition) is 1. The van der Waals surface area contributed by atoms with E-state index in [1.165, 1.54) is 5.56 Å². The molecule has 2 rings (SSSR count). The van der Waals surface area contributed by atoms with Crippen LogP contribution in [0.2, 0.25) is 0 Å². The minimum Gasteiger partial charge on any atom is -0.337 e. The van der Waals surface area contributed by atoms with Gasteiger partial charge in [-0.1, -0.05) is 6.07 Å². The summed E-state index contributed by atoms with van der Waals surface area (Å²) in [6.07, 6.45) is 6.76. The van der Waals surface area contributed by atoms with E-state index in [1.807, 2.05) is 18.7 Å². The zero-order chi connectivity index (χ0) is 12.8. The molecule has 96 valence electrons. The van der Waals surface area contributed by atoms with Gasteiger partial charge in [0.25, 0.3) is 0 Å². The molecule has 0 aliphatic rings. The highest BCUT2D eigenvalue weighted by Gasteiger charge is 1.98. The van der Waals surface area contributed by atoms with E-state index in [0.717, 1.165) is 35.0 Å². The van der Waals surface area contributed by atoms with Crippen LogP contribution >= 0.6 is 31.9 Å². The molecule has 1 aromatic carbocycles. The van der Waals surface area contributed by atoms with Crippen molar-refractivity contribution in [2.45, 2.75) is 19.5 Å². The van der Waals surface area contributed by atoms with Crippen molar-refractivity contribution in [3.05, 3.63) is 51.4 Å². The highest BCUT2D eigenvalue weighted by Crippen LogP contribution is 2.23. The van der Waals surface area contributed by atoms with Crippen molar-refractivity contribution in [2.75, 3.05) is 6.54 Å². The maximum atomic E-state index is 4.02. The Bertz CT molecular complexity index is 483. The number of nitrogens with one attached hydrogen (secondary N) is 1. The lowest BCUT2D eigenvalue weighted by atomic mass is 10.2. The summed E-state index contributed by atoms with van der Waals surface area (Å²) in [6.45, 7) is 2.92. The van der Waals surface area contributed by atoms with Crippen LogP contribution in [0.5, 0.6) is 0 Å². The number of aromatic nitrogens is 2. The van der Waals surface area contributed by atoms with E-state index in [4.69, 9.17) is 0 Å². The van der Waals surface area contributed by atoms with Gasteiger partial charge in [-0.2, -0.15) is 0 Å². The van der Waals surface area contributed by atoms with E-state index >= 15 is 0 Å². The van der Waals surface area contributed by atoms with E-state index in [0.29, 0.717) is 0 Å². The zero-order valence-corrected chi connectivity index (χ0v) is 13.1. The lowest BCUT2D eigenvalue weighted by Crippen LogP contribution is -2.16. The molecular weight excluding hydrogens is 358 g/mol. The predicted molar refractivity (Wildman–Crippen MR) is 80.4 cm³/mol. The maximum Gasteiger partial charge on any atom is 0.0945 e. The van der Waals surface area contributed by atoms with Gasteiger partial charge < -0.3 is 9.88 Å². The quantitative estimate of drug-likeness (QED) is 0.785. The van der Waals surface area contributed by atoms with E-state index < -0.39 is 0 Å². The fourth-order valence-electron chi connectivity index (χ4n) is 1.69. The summed E-state index contributed by atoms with van der Waals surface area (Å²) < 4.78 is 4.28. The van der Waals surface area contributed by atoms with Gasteiger partial charge in [-0.3, -0.25) is 0 Å². The molecule has 0 bridgehead atoms. The van der Waals surface area contributed by atoms with Gasteiger partial charge in [-0.15, -0.1) is 0 Å². The van der Waals surface area contributed by atoms with Crippen molar-refractivity contribution in [2.24, 2.45) is 0 Å². The Balaban J connectivity index is 1.67. The molecule has 0 aliphatic heterocycles. The standard InChI is InChI=1S/C13H15Br2N3/c14-12-3-2-11(8-13(12)15)9-16-4-1-6-18-7-5-17-10-18/h2-3,5,7-8,10,16H,1,4,6,9H2. The summed E-state index contributed by atoms with van der Waals surface area (Å²) in [6, 6.07) is 6.32. The molecule has 0 atom stereocenters. The molecule has 0 saturated heterocycles. The van der Waals surface area contributed by atoms with Crippen molar-refractivity contribution in [3.8, 4) is 0 Å². The fourth-order valence-corrected chi connectivity index (χ4v) is 2.36. The summed E-state index contributed by atoms with van der Waals surface area (Å²) >= 11 is 6.98. The third-order valence-corrected chi connectivity index (χ3v) is 4.52. The van der Waals surface area contributed by atoms with Crippen LogP contribution in [0.25, 0.3) is 0 Å². The van der Waals surface area contributed by atoms with E-state index in [2.05, 4.69) is 64.9 Å². The number of hydrogen-bond acceptors (Lipinski definition) is 2. The number of aryl methyl sites for hydroxylation is 1. The summed E-state index contributed by atoms with van der Waals surface area (Å²) in [5.41, 5.74) is 1.28. The SMILES string of the molecule is Brc1ccc(CNCCCn2ccnc2)cc1Br. The normalized spacial score (nSPS) is 10.8. The molecule has 0 spiro atoms. The molecule has 2 aromatic rings. The molecule has 0 unspecified atom stereocenters. The van der Waals surface area contributed by atoms with Crippen LogP contribution in [0.15, 0.2) is 45.9 Å². The van der Waals surface area contributed by atoms with Gasteiger partial charge in [0.15, 0.2) is 0 Å².